The third-order valence-electron chi connectivity index (χ3n) is 5.42. The molecule has 0 saturated heterocycles. The number of nitrogens with one attached hydrogen (secondary N) is 2. The SMILES string of the molecule is COC[C@@H](NC(=O)OCC(COC(=O)CCCN)OC[C@@H](O)c1ccccc1Cl)C(=O)NCc1ccccc1. The minimum absolute atomic E-state index is 0.0849. The van der Waals surface area contributed by atoms with Gasteiger partial charge in [0.25, 0.3) is 0 Å². The Balaban J connectivity index is 1.92. The van der Waals surface area contributed by atoms with Gasteiger partial charge in [0.15, 0.2) is 0 Å². The Morgan fingerprint density at radius 2 is 1.67 bits per heavy atom. The summed E-state index contributed by atoms with van der Waals surface area (Å²) >= 11 is 6.13. The van der Waals surface area contributed by atoms with E-state index in [-0.39, 0.29) is 39.4 Å². The first-order valence-electron chi connectivity index (χ1n) is 12.5. The van der Waals surface area contributed by atoms with Gasteiger partial charge in [-0.3, -0.25) is 9.59 Å². The number of hydrogen-bond donors (Lipinski definition) is 4. The molecule has 0 aliphatic carbocycles. The first kappa shape index (κ1) is 32.0. The van der Waals surface area contributed by atoms with Crippen LogP contribution in [0.2, 0.25) is 5.02 Å². The van der Waals surface area contributed by atoms with Crippen molar-refractivity contribution in [3.05, 3.63) is 70.7 Å². The van der Waals surface area contributed by atoms with Gasteiger partial charge < -0.3 is 40.4 Å². The van der Waals surface area contributed by atoms with Crippen LogP contribution in [-0.4, -0.2) is 75.3 Å². The van der Waals surface area contributed by atoms with Crippen LogP contribution in [0.5, 0.6) is 0 Å². The van der Waals surface area contributed by atoms with Gasteiger partial charge in [-0.25, -0.2) is 4.79 Å². The molecule has 0 heterocycles. The summed E-state index contributed by atoms with van der Waals surface area (Å²) in [5.74, 6) is -0.942. The van der Waals surface area contributed by atoms with Crippen molar-refractivity contribution in [1.82, 2.24) is 10.6 Å². The maximum Gasteiger partial charge on any atom is 0.407 e. The lowest BCUT2D eigenvalue weighted by Crippen LogP contribution is -2.49. The van der Waals surface area contributed by atoms with Crippen LogP contribution in [0, 0.1) is 0 Å². The molecule has 11 nitrogen and oxygen atoms in total. The van der Waals surface area contributed by atoms with Crippen LogP contribution in [0.3, 0.4) is 0 Å². The van der Waals surface area contributed by atoms with Crippen molar-refractivity contribution in [2.75, 3.05) is 40.1 Å². The number of methoxy groups -OCH3 is 1. The van der Waals surface area contributed by atoms with Gasteiger partial charge in [0.05, 0.1) is 13.2 Å². The first-order valence-corrected chi connectivity index (χ1v) is 12.9. The number of ether oxygens (including phenoxy) is 4. The summed E-state index contributed by atoms with van der Waals surface area (Å²) in [5, 5.41) is 16.0. The molecule has 5 N–H and O–H groups in total. The average molecular weight is 566 g/mol. The molecule has 0 fully saturated rings. The summed E-state index contributed by atoms with van der Waals surface area (Å²) in [7, 11) is 1.40. The molecule has 0 aliphatic heterocycles. The molecule has 0 aromatic heterocycles. The molecule has 1 unspecified atom stereocenters. The Hall–Kier alpha value is -3.22. The smallest absolute Gasteiger partial charge is 0.407 e. The van der Waals surface area contributed by atoms with Crippen molar-refractivity contribution in [2.45, 2.75) is 37.6 Å². The van der Waals surface area contributed by atoms with Crippen LogP contribution in [0.15, 0.2) is 54.6 Å². The molecular weight excluding hydrogens is 530 g/mol. The number of halogens is 1. The second kappa shape index (κ2) is 18.1. The van der Waals surface area contributed by atoms with E-state index in [9.17, 15) is 19.5 Å². The molecule has 12 heteroatoms. The van der Waals surface area contributed by atoms with Crippen LogP contribution in [0.1, 0.15) is 30.1 Å². The third-order valence-corrected chi connectivity index (χ3v) is 5.77. The number of amides is 2. The zero-order valence-electron chi connectivity index (χ0n) is 21.8. The minimum atomic E-state index is -1.07. The Morgan fingerprint density at radius 3 is 2.36 bits per heavy atom. The van der Waals surface area contributed by atoms with E-state index in [1.165, 1.54) is 7.11 Å². The normalized spacial score (nSPS) is 13.1. The molecule has 2 aromatic carbocycles. The standard InChI is InChI=1S/C27H36ClN3O8/c1-36-17-23(26(34)30-14-19-8-3-2-4-9-19)31-27(35)39-16-20(15-38-25(33)12-7-13-29)37-18-24(32)21-10-5-6-11-22(21)28/h2-6,8-11,20,23-24,32H,7,12-18,29H2,1H3,(H,30,34)(H,31,35)/t20?,23-,24-/m1/s1. The van der Waals surface area contributed by atoms with E-state index in [0.717, 1.165) is 5.56 Å². The van der Waals surface area contributed by atoms with E-state index in [1.807, 2.05) is 30.3 Å². The highest BCUT2D eigenvalue weighted by Gasteiger charge is 2.23. The topological polar surface area (TPSA) is 158 Å². The summed E-state index contributed by atoms with van der Waals surface area (Å²) in [4.78, 5) is 37.0. The molecule has 0 saturated carbocycles. The van der Waals surface area contributed by atoms with Gasteiger partial charge in [0.2, 0.25) is 5.91 Å². The lowest BCUT2D eigenvalue weighted by Gasteiger charge is -2.22. The Bertz CT molecular complexity index is 1030. The third kappa shape index (κ3) is 12.5. The monoisotopic (exact) mass is 565 g/mol. The predicted octanol–water partition coefficient (Wildman–Crippen LogP) is 2.10. The number of alkyl carbamates (subject to hydrolysis) is 1. The van der Waals surface area contributed by atoms with Crippen molar-refractivity contribution in [2.24, 2.45) is 5.73 Å². The molecule has 2 aromatic rings. The van der Waals surface area contributed by atoms with Crippen molar-refractivity contribution < 1.29 is 38.4 Å². The fraction of sp³-hybridized carbons (Fsp3) is 0.444. The highest BCUT2D eigenvalue weighted by Crippen LogP contribution is 2.23. The molecule has 0 aliphatic rings. The summed E-state index contributed by atoms with van der Waals surface area (Å²) in [6.45, 7) is -0.229. The van der Waals surface area contributed by atoms with E-state index in [1.54, 1.807) is 24.3 Å². The molecule has 2 rings (SSSR count). The second-order valence-corrected chi connectivity index (χ2v) is 8.93. The molecule has 0 radical (unpaired) electrons. The first-order chi connectivity index (χ1) is 18.8. The fourth-order valence-corrected chi connectivity index (χ4v) is 3.58. The van der Waals surface area contributed by atoms with Crippen LogP contribution in [-0.2, 0) is 35.1 Å². The number of hydrogen-bond acceptors (Lipinski definition) is 9. The Kier molecular flexibility index (Phi) is 14.9. The second-order valence-electron chi connectivity index (χ2n) is 8.52. The van der Waals surface area contributed by atoms with Gasteiger partial charge in [0.1, 0.15) is 31.5 Å². The highest BCUT2D eigenvalue weighted by atomic mass is 35.5. The van der Waals surface area contributed by atoms with Crippen LogP contribution in [0.4, 0.5) is 4.79 Å². The molecular formula is C27H36ClN3O8. The van der Waals surface area contributed by atoms with Crippen molar-refractivity contribution in [3.63, 3.8) is 0 Å². The molecule has 2 amide bonds. The number of nitrogens with two attached hydrogens (primary N) is 1. The van der Waals surface area contributed by atoms with E-state index in [2.05, 4.69) is 10.6 Å². The number of benzene rings is 2. The van der Waals surface area contributed by atoms with E-state index >= 15 is 0 Å². The summed E-state index contributed by atoms with van der Waals surface area (Å²) in [5.41, 5.74) is 6.77. The van der Waals surface area contributed by atoms with Gasteiger partial charge in [-0.15, -0.1) is 0 Å². The van der Waals surface area contributed by atoms with Crippen LogP contribution in [0.25, 0.3) is 0 Å². The van der Waals surface area contributed by atoms with Crippen molar-refractivity contribution in [1.29, 1.82) is 0 Å². The molecule has 3 atom stereocenters. The van der Waals surface area contributed by atoms with Crippen molar-refractivity contribution >= 4 is 29.6 Å². The van der Waals surface area contributed by atoms with E-state index in [0.29, 0.717) is 23.6 Å². The summed E-state index contributed by atoms with van der Waals surface area (Å²) in [6, 6.07) is 15.0. The highest BCUT2D eigenvalue weighted by molar-refractivity contribution is 6.31. The Labute approximate surface area is 232 Å². The average Bonchev–Trinajstić information content (AvgIpc) is 2.94. The fourth-order valence-electron chi connectivity index (χ4n) is 3.32. The van der Waals surface area contributed by atoms with Gasteiger partial charge in [0, 0.05) is 30.7 Å². The van der Waals surface area contributed by atoms with Gasteiger partial charge in [-0.2, -0.15) is 0 Å². The number of aliphatic hydroxyl groups excluding tert-OH is 1. The van der Waals surface area contributed by atoms with Crippen LogP contribution >= 0.6 is 11.6 Å². The lowest BCUT2D eigenvalue weighted by molar-refractivity contribution is -0.150. The van der Waals surface area contributed by atoms with E-state index in [4.69, 9.17) is 36.3 Å². The zero-order valence-corrected chi connectivity index (χ0v) is 22.6. The molecule has 0 bridgehead atoms. The zero-order chi connectivity index (χ0) is 28.5. The number of carbonyl (C=O) groups is 3. The summed E-state index contributed by atoms with van der Waals surface area (Å²) in [6.07, 6.45) is -2.28. The summed E-state index contributed by atoms with van der Waals surface area (Å²) < 4.78 is 21.2. The predicted molar refractivity (Wildman–Crippen MR) is 144 cm³/mol. The maximum absolute atomic E-state index is 12.6. The van der Waals surface area contributed by atoms with Crippen LogP contribution < -0.4 is 16.4 Å². The molecule has 39 heavy (non-hydrogen) atoms. The number of esters is 1. The number of carbonyl (C=O) groups excluding carboxylic acids is 3. The lowest BCUT2D eigenvalue weighted by atomic mass is 10.1. The number of aliphatic hydroxyl groups is 1. The van der Waals surface area contributed by atoms with Gasteiger partial charge in [-0.1, -0.05) is 60.1 Å². The molecule has 214 valence electrons. The largest absolute Gasteiger partial charge is 0.463 e. The quantitative estimate of drug-likeness (QED) is 0.211. The number of rotatable bonds is 17. The maximum atomic E-state index is 12.6. The van der Waals surface area contributed by atoms with Gasteiger partial charge >= 0.3 is 12.1 Å². The Morgan fingerprint density at radius 1 is 0.974 bits per heavy atom. The van der Waals surface area contributed by atoms with E-state index < -0.39 is 36.2 Å². The minimum Gasteiger partial charge on any atom is -0.463 e. The van der Waals surface area contributed by atoms with Gasteiger partial charge in [-0.05, 0) is 24.6 Å². The van der Waals surface area contributed by atoms with Crippen molar-refractivity contribution in [3.8, 4) is 0 Å². The molecule has 0 spiro atoms.